The van der Waals surface area contributed by atoms with Gasteiger partial charge in [0.05, 0.1) is 13.2 Å². The third-order valence-corrected chi connectivity index (χ3v) is 3.54. The molecule has 0 unspecified atom stereocenters. The van der Waals surface area contributed by atoms with E-state index in [1.54, 1.807) is 0 Å². The van der Waals surface area contributed by atoms with Crippen LogP contribution in [0.1, 0.15) is 31.4 Å². The summed E-state index contributed by atoms with van der Waals surface area (Å²) in [7, 11) is 0. The van der Waals surface area contributed by atoms with Crippen LogP contribution in [0.15, 0.2) is 18.2 Å². The van der Waals surface area contributed by atoms with Crippen LogP contribution in [0.25, 0.3) is 0 Å². The maximum atomic E-state index is 5.40. The van der Waals surface area contributed by atoms with E-state index in [4.69, 9.17) is 4.74 Å². The number of rotatable bonds is 5. The van der Waals surface area contributed by atoms with E-state index in [0.717, 1.165) is 38.8 Å². The number of hydrogen-bond acceptors (Lipinski definition) is 2. The highest BCUT2D eigenvalue weighted by Crippen LogP contribution is 2.16. The lowest BCUT2D eigenvalue weighted by molar-refractivity contribution is 0.0340. The molecule has 2 nitrogen and oxygen atoms in total. The fourth-order valence-corrected chi connectivity index (χ4v) is 2.33. The Morgan fingerprint density at radius 2 is 2.06 bits per heavy atom. The van der Waals surface area contributed by atoms with Crippen molar-refractivity contribution in [1.82, 2.24) is 4.90 Å². The first-order valence-corrected chi connectivity index (χ1v) is 7.03. The third-order valence-electron chi connectivity index (χ3n) is 3.54. The van der Waals surface area contributed by atoms with E-state index < -0.39 is 0 Å². The standard InChI is InChI=1S/C16H24NO/c1-14(2)7-8-15-5-3-4-6-16(15)13-17-9-11-18-12-10-17/h3,5-6,14H,7-13H2,1-2H3. The van der Waals surface area contributed by atoms with Crippen molar-refractivity contribution >= 4 is 0 Å². The first kappa shape index (κ1) is 13.6. The van der Waals surface area contributed by atoms with Crippen molar-refractivity contribution in [3.05, 3.63) is 35.4 Å². The second-order valence-corrected chi connectivity index (χ2v) is 5.52. The minimum atomic E-state index is 0.769. The van der Waals surface area contributed by atoms with Crippen LogP contribution in [-0.4, -0.2) is 31.2 Å². The number of morpholine rings is 1. The van der Waals surface area contributed by atoms with E-state index in [9.17, 15) is 0 Å². The SMILES string of the molecule is CC(C)CCc1cc[c]cc1CN1CCOCC1. The van der Waals surface area contributed by atoms with Crippen molar-refractivity contribution in [2.45, 2.75) is 33.2 Å². The lowest BCUT2D eigenvalue weighted by atomic mass is 9.98. The van der Waals surface area contributed by atoms with Crippen molar-refractivity contribution < 1.29 is 4.74 Å². The summed E-state index contributed by atoms with van der Waals surface area (Å²) in [5.41, 5.74) is 2.94. The largest absolute Gasteiger partial charge is 0.379 e. The van der Waals surface area contributed by atoms with Crippen LogP contribution in [0.3, 0.4) is 0 Å². The summed E-state index contributed by atoms with van der Waals surface area (Å²) in [5.74, 6) is 0.769. The molecule has 99 valence electrons. The van der Waals surface area contributed by atoms with Gasteiger partial charge in [-0.25, -0.2) is 0 Å². The highest BCUT2D eigenvalue weighted by molar-refractivity contribution is 5.26. The summed E-state index contributed by atoms with van der Waals surface area (Å²) in [5, 5.41) is 0. The average Bonchev–Trinajstić information content (AvgIpc) is 2.39. The molecule has 1 radical (unpaired) electrons. The van der Waals surface area contributed by atoms with Gasteiger partial charge in [-0.15, -0.1) is 0 Å². The van der Waals surface area contributed by atoms with Crippen LogP contribution in [0.5, 0.6) is 0 Å². The van der Waals surface area contributed by atoms with E-state index >= 15 is 0 Å². The van der Waals surface area contributed by atoms with Gasteiger partial charge in [-0.2, -0.15) is 0 Å². The second-order valence-electron chi connectivity index (χ2n) is 5.52. The topological polar surface area (TPSA) is 12.5 Å². The van der Waals surface area contributed by atoms with Gasteiger partial charge in [-0.1, -0.05) is 26.0 Å². The Labute approximate surface area is 111 Å². The van der Waals surface area contributed by atoms with Crippen LogP contribution in [0.2, 0.25) is 0 Å². The monoisotopic (exact) mass is 246 g/mol. The highest BCUT2D eigenvalue weighted by Gasteiger charge is 2.12. The molecular weight excluding hydrogens is 222 g/mol. The van der Waals surface area contributed by atoms with Crippen molar-refractivity contribution in [3.8, 4) is 0 Å². The quantitative estimate of drug-likeness (QED) is 0.792. The Bertz CT molecular complexity index is 356. The molecule has 1 aromatic rings. The van der Waals surface area contributed by atoms with Crippen LogP contribution in [0.4, 0.5) is 0 Å². The normalized spacial score (nSPS) is 17.3. The molecule has 1 aliphatic rings. The average molecular weight is 246 g/mol. The fraction of sp³-hybridized carbons (Fsp3) is 0.625. The highest BCUT2D eigenvalue weighted by atomic mass is 16.5. The van der Waals surface area contributed by atoms with Crippen LogP contribution >= 0.6 is 0 Å². The minimum Gasteiger partial charge on any atom is -0.379 e. The third kappa shape index (κ3) is 4.11. The maximum Gasteiger partial charge on any atom is 0.0594 e. The molecule has 0 saturated carbocycles. The van der Waals surface area contributed by atoms with Gasteiger partial charge in [-0.3, -0.25) is 4.90 Å². The molecule has 2 rings (SSSR count). The lowest BCUT2D eigenvalue weighted by Crippen LogP contribution is -2.35. The molecule has 1 aromatic carbocycles. The van der Waals surface area contributed by atoms with Gasteiger partial charge >= 0.3 is 0 Å². The Balaban J connectivity index is 1.97. The summed E-state index contributed by atoms with van der Waals surface area (Å²) < 4.78 is 5.40. The van der Waals surface area contributed by atoms with Crippen LogP contribution < -0.4 is 0 Å². The number of nitrogens with zero attached hydrogens (tertiary/aromatic N) is 1. The molecule has 1 fully saturated rings. The Morgan fingerprint density at radius 3 is 2.78 bits per heavy atom. The van der Waals surface area contributed by atoms with Gasteiger partial charge in [0, 0.05) is 19.6 Å². The summed E-state index contributed by atoms with van der Waals surface area (Å²) in [4.78, 5) is 2.48. The molecule has 0 aliphatic carbocycles. The number of hydrogen-bond donors (Lipinski definition) is 0. The maximum absolute atomic E-state index is 5.40. The van der Waals surface area contributed by atoms with Gasteiger partial charge in [0.2, 0.25) is 0 Å². The summed E-state index contributed by atoms with van der Waals surface area (Å²) >= 11 is 0. The van der Waals surface area contributed by atoms with Crippen molar-refractivity contribution in [2.24, 2.45) is 5.92 Å². The molecule has 1 heterocycles. The molecule has 0 spiro atoms. The van der Waals surface area contributed by atoms with Crippen molar-refractivity contribution in [2.75, 3.05) is 26.3 Å². The first-order valence-electron chi connectivity index (χ1n) is 7.03. The van der Waals surface area contributed by atoms with Crippen LogP contribution in [0, 0.1) is 12.0 Å². The Morgan fingerprint density at radius 1 is 1.28 bits per heavy atom. The van der Waals surface area contributed by atoms with Crippen LogP contribution in [-0.2, 0) is 17.7 Å². The van der Waals surface area contributed by atoms with E-state index in [2.05, 4.69) is 36.9 Å². The predicted molar refractivity (Wildman–Crippen MR) is 74.5 cm³/mol. The first-order chi connectivity index (χ1) is 8.75. The summed E-state index contributed by atoms with van der Waals surface area (Å²) in [6.45, 7) is 9.48. The molecular formula is C16H24NO. The second kappa shape index (κ2) is 6.91. The predicted octanol–water partition coefficient (Wildman–Crippen LogP) is 2.91. The molecule has 0 bridgehead atoms. The molecule has 0 amide bonds. The summed E-state index contributed by atoms with van der Waals surface area (Å²) in [6, 6.07) is 9.65. The minimum absolute atomic E-state index is 0.769. The lowest BCUT2D eigenvalue weighted by Gasteiger charge is -2.27. The van der Waals surface area contributed by atoms with Crippen molar-refractivity contribution in [1.29, 1.82) is 0 Å². The molecule has 1 saturated heterocycles. The molecule has 18 heavy (non-hydrogen) atoms. The fourth-order valence-electron chi connectivity index (χ4n) is 2.33. The van der Waals surface area contributed by atoms with E-state index in [1.165, 1.54) is 24.0 Å². The van der Waals surface area contributed by atoms with E-state index in [1.807, 2.05) is 6.07 Å². The number of aryl methyl sites for hydroxylation is 1. The number of benzene rings is 1. The van der Waals surface area contributed by atoms with Crippen molar-refractivity contribution in [3.63, 3.8) is 0 Å². The van der Waals surface area contributed by atoms with E-state index in [0.29, 0.717) is 0 Å². The molecule has 0 N–H and O–H groups in total. The van der Waals surface area contributed by atoms with Gasteiger partial charge < -0.3 is 4.74 Å². The molecule has 2 heteroatoms. The Kier molecular flexibility index (Phi) is 5.21. The zero-order valence-corrected chi connectivity index (χ0v) is 11.6. The molecule has 1 aliphatic heterocycles. The smallest absolute Gasteiger partial charge is 0.0594 e. The zero-order valence-electron chi connectivity index (χ0n) is 11.6. The van der Waals surface area contributed by atoms with Gasteiger partial charge in [0.15, 0.2) is 0 Å². The summed E-state index contributed by atoms with van der Waals surface area (Å²) in [6.07, 6.45) is 2.45. The molecule has 0 aromatic heterocycles. The van der Waals surface area contributed by atoms with Gasteiger partial charge in [0.1, 0.15) is 0 Å². The zero-order chi connectivity index (χ0) is 12.8. The van der Waals surface area contributed by atoms with Gasteiger partial charge in [0.25, 0.3) is 0 Å². The van der Waals surface area contributed by atoms with Gasteiger partial charge in [-0.05, 0) is 42.0 Å². The molecule has 0 atom stereocenters. The Hall–Kier alpha value is -0.860. The number of ether oxygens (including phenoxy) is 1. The van der Waals surface area contributed by atoms with E-state index in [-0.39, 0.29) is 0 Å².